The van der Waals surface area contributed by atoms with Crippen LogP contribution in [-0.2, 0) is 0 Å². The average Bonchev–Trinajstić information content (AvgIpc) is 2.45. The maximum atomic E-state index is 8.86. The van der Waals surface area contributed by atoms with Gasteiger partial charge in [-0.05, 0) is 18.2 Å². The quantitative estimate of drug-likeness (QED) is 0.653. The molecule has 5 nitrogen and oxygen atoms in total. The molecule has 0 aliphatic carbocycles. The smallest absolute Gasteiger partial charge is 0.146 e. The maximum Gasteiger partial charge on any atom is 0.146 e. The first-order chi connectivity index (χ1) is 9.70. The monoisotopic (exact) mass is 288 g/mol. The fraction of sp³-hybridized carbons (Fsp3) is 0.143. The van der Waals surface area contributed by atoms with E-state index in [0.29, 0.717) is 41.0 Å². The highest BCUT2D eigenvalue weighted by atomic mass is 35.5. The predicted octanol–water partition coefficient (Wildman–Crippen LogP) is 2.68. The molecule has 1 aromatic carbocycles. The van der Waals surface area contributed by atoms with Crippen LogP contribution in [-0.4, -0.2) is 18.1 Å². The Balaban J connectivity index is 1.86. The van der Waals surface area contributed by atoms with Crippen molar-refractivity contribution in [2.45, 2.75) is 0 Å². The highest BCUT2D eigenvalue weighted by Crippen LogP contribution is 2.22. The molecule has 0 fully saturated rings. The molecular weight excluding hydrogens is 276 g/mol. The number of nitriles is 1. The molecule has 2 rings (SSSR count). The number of rotatable bonds is 5. The third kappa shape index (κ3) is 3.53. The van der Waals surface area contributed by atoms with Gasteiger partial charge in [0, 0.05) is 18.0 Å². The van der Waals surface area contributed by atoms with Crippen molar-refractivity contribution in [3.63, 3.8) is 0 Å². The Labute approximate surface area is 122 Å². The minimum atomic E-state index is 0.318. The first-order valence-electron chi connectivity index (χ1n) is 5.97. The number of aromatic nitrogens is 1. The third-order valence-corrected chi connectivity index (χ3v) is 2.91. The van der Waals surface area contributed by atoms with Crippen LogP contribution >= 0.6 is 11.6 Å². The second-order valence-electron chi connectivity index (χ2n) is 3.98. The van der Waals surface area contributed by atoms with Crippen LogP contribution in [0.4, 0.5) is 11.5 Å². The van der Waals surface area contributed by atoms with Crippen molar-refractivity contribution in [1.29, 1.82) is 5.26 Å². The number of benzene rings is 1. The molecule has 1 aromatic heterocycles. The van der Waals surface area contributed by atoms with Crippen molar-refractivity contribution >= 4 is 23.1 Å². The first-order valence-corrected chi connectivity index (χ1v) is 6.35. The SMILES string of the molecule is N#Cc1ccnc(NCCOc2cccc(N)c2)c1Cl. The molecule has 20 heavy (non-hydrogen) atoms. The summed E-state index contributed by atoms with van der Waals surface area (Å²) in [5.74, 6) is 1.18. The molecule has 0 bridgehead atoms. The number of pyridine rings is 1. The van der Waals surface area contributed by atoms with Gasteiger partial charge < -0.3 is 15.8 Å². The third-order valence-electron chi connectivity index (χ3n) is 2.53. The zero-order valence-corrected chi connectivity index (χ0v) is 11.4. The number of nitrogens with one attached hydrogen (secondary N) is 1. The Morgan fingerprint density at radius 2 is 2.25 bits per heavy atom. The van der Waals surface area contributed by atoms with E-state index in [4.69, 9.17) is 27.3 Å². The topological polar surface area (TPSA) is 84.0 Å². The van der Waals surface area contributed by atoms with Gasteiger partial charge in [-0.1, -0.05) is 17.7 Å². The molecule has 6 heteroatoms. The Morgan fingerprint density at radius 3 is 3.00 bits per heavy atom. The van der Waals surface area contributed by atoms with Crippen LogP contribution in [0.2, 0.25) is 5.02 Å². The van der Waals surface area contributed by atoms with Gasteiger partial charge in [0.1, 0.15) is 29.3 Å². The van der Waals surface area contributed by atoms with E-state index in [1.54, 1.807) is 18.2 Å². The van der Waals surface area contributed by atoms with E-state index in [1.807, 2.05) is 18.2 Å². The average molecular weight is 289 g/mol. The van der Waals surface area contributed by atoms with Crippen molar-refractivity contribution in [3.05, 3.63) is 47.1 Å². The second kappa shape index (κ2) is 6.64. The van der Waals surface area contributed by atoms with Crippen LogP contribution in [0.3, 0.4) is 0 Å². The number of hydrogen-bond donors (Lipinski definition) is 2. The lowest BCUT2D eigenvalue weighted by Crippen LogP contribution is -2.12. The summed E-state index contributed by atoms with van der Waals surface area (Å²) >= 11 is 6.02. The number of nitrogens with zero attached hydrogens (tertiary/aromatic N) is 2. The zero-order chi connectivity index (χ0) is 14.4. The van der Waals surface area contributed by atoms with Crippen LogP contribution in [0.5, 0.6) is 5.75 Å². The summed E-state index contributed by atoms with van der Waals surface area (Å²) < 4.78 is 5.53. The van der Waals surface area contributed by atoms with Gasteiger partial charge in [-0.3, -0.25) is 0 Å². The number of halogens is 1. The lowest BCUT2D eigenvalue weighted by atomic mass is 10.3. The largest absolute Gasteiger partial charge is 0.492 e. The number of hydrogen-bond acceptors (Lipinski definition) is 5. The lowest BCUT2D eigenvalue weighted by molar-refractivity contribution is 0.333. The van der Waals surface area contributed by atoms with E-state index in [1.165, 1.54) is 6.20 Å². The van der Waals surface area contributed by atoms with Gasteiger partial charge in [0.05, 0.1) is 12.1 Å². The van der Waals surface area contributed by atoms with Crippen molar-refractivity contribution in [3.8, 4) is 11.8 Å². The van der Waals surface area contributed by atoms with Gasteiger partial charge in [-0.2, -0.15) is 5.26 Å². The summed E-state index contributed by atoms with van der Waals surface area (Å²) in [4.78, 5) is 4.08. The molecule has 0 atom stereocenters. The second-order valence-corrected chi connectivity index (χ2v) is 4.36. The minimum absolute atomic E-state index is 0.318. The molecule has 2 aromatic rings. The van der Waals surface area contributed by atoms with Crippen molar-refractivity contribution < 1.29 is 4.74 Å². The van der Waals surface area contributed by atoms with Crippen LogP contribution in [0.1, 0.15) is 5.56 Å². The van der Waals surface area contributed by atoms with Crippen molar-refractivity contribution in [2.24, 2.45) is 0 Å². The minimum Gasteiger partial charge on any atom is -0.492 e. The summed E-state index contributed by atoms with van der Waals surface area (Å²) in [5, 5.41) is 12.2. The Hall–Kier alpha value is -2.45. The molecule has 3 N–H and O–H groups in total. The highest BCUT2D eigenvalue weighted by molar-refractivity contribution is 6.34. The molecule has 0 unspecified atom stereocenters. The van der Waals surface area contributed by atoms with Crippen LogP contribution < -0.4 is 15.8 Å². The van der Waals surface area contributed by atoms with Gasteiger partial charge in [-0.25, -0.2) is 4.98 Å². The van der Waals surface area contributed by atoms with E-state index in [2.05, 4.69) is 10.3 Å². The number of nitrogens with two attached hydrogens (primary N) is 1. The Bertz CT molecular complexity index is 639. The molecule has 1 heterocycles. The highest BCUT2D eigenvalue weighted by Gasteiger charge is 2.06. The predicted molar refractivity (Wildman–Crippen MR) is 78.8 cm³/mol. The van der Waals surface area contributed by atoms with Gasteiger partial charge >= 0.3 is 0 Å². The van der Waals surface area contributed by atoms with Crippen molar-refractivity contribution in [1.82, 2.24) is 4.98 Å². The molecule has 0 saturated heterocycles. The molecule has 0 amide bonds. The fourth-order valence-corrected chi connectivity index (χ4v) is 1.82. The molecule has 0 radical (unpaired) electrons. The standard InChI is InChI=1S/C14H13ClN4O/c15-13-10(9-16)4-5-18-14(13)19-6-7-20-12-3-1-2-11(17)8-12/h1-5,8H,6-7,17H2,(H,18,19). The number of nitrogen functional groups attached to an aromatic ring is 1. The lowest BCUT2D eigenvalue weighted by Gasteiger charge is -2.09. The molecule has 0 aliphatic heterocycles. The van der Waals surface area contributed by atoms with E-state index in [0.717, 1.165) is 0 Å². The summed E-state index contributed by atoms with van der Waals surface area (Å²) in [5.41, 5.74) is 6.70. The van der Waals surface area contributed by atoms with E-state index < -0.39 is 0 Å². The summed E-state index contributed by atoms with van der Waals surface area (Å²) in [6.45, 7) is 0.939. The van der Waals surface area contributed by atoms with Crippen LogP contribution in [0.25, 0.3) is 0 Å². The van der Waals surface area contributed by atoms with Crippen molar-refractivity contribution in [2.75, 3.05) is 24.2 Å². The molecular formula is C14H13ClN4O. The molecule has 0 aliphatic rings. The summed E-state index contributed by atoms with van der Waals surface area (Å²) in [6.07, 6.45) is 1.53. The molecule has 0 spiro atoms. The van der Waals surface area contributed by atoms with E-state index in [9.17, 15) is 0 Å². The maximum absolute atomic E-state index is 8.86. The zero-order valence-electron chi connectivity index (χ0n) is 10.6. The van der Waals surface area contributed by atoms with Crippen LogP contribution in [0.15, 0.2) is 36.5 Å². The Kier molecular flexibility index (Phi) is 4.64. The van der Waals surface area contributed by atoms with E-state index >= 15 is 0 Å². The number of ether oxygens (including phenoxy) is 1. The van der Waals surface area contributed by atoms with Gasteiger partial charge in [0.2, 0.25) is 0 Å². The Morgan fingerprint density at radius 1 is 1.40 bits per heavy atom. The summed E-state index contributed by atoms with van der Waals surface area (Å²) in [6, 6.07) is 10.8. The van der Waals surface area contributed by atoms with Gasteiger partial charge in [0.15, 0.2) is 0 Å². The molecule has 102 valence electrons. The number of anilines is 2. The van der Waals surface area contributed by atoms with E-state index in [-0.39, 0.29) is 0 Å². The first kappa shape index (κ1) is 14.0. The normalized spacial score (nSPS) is 9.80. The van der Waals surface area contributed by atoms with Gasteiger partial charge in [0.25, 0.3) is 0 Å². The van der Waals surface area contributed by atoms with Crippen LogP contribution in [0, 0.1) is 11.3 Å². The molecule has 0 saturated carbocycles. The summed E-state index contributed by atoms with van der Waals surface area (Å²) in [7, 11) is 0. The fourth-order valence-electron chi connectivity index (χ4n) is 1.60. The van der Waals surface area contributed by atoms with Gasteiger partial charge in [-0.15, -0.1) is 0 Å².